The van der Waals surface area contributed by atoms with Crippen LogP contribution in [0.5, 0.6) is 5.75 Å². The van der Waals surface area contributed by atoms with Gasteiger partial charge in [0.15, 0.2) is 0 Å². The number of anilines is 3. The van der Waals surface area contributed by atoms with Gasteiger partial charge in [-0.3, -0.25) is 4.57 Å². The minimum absolute atomic E-state index is 0.0199. The van der Waals surface area contributed by atoms with Gasteiger partial charge in [0.05, 0.1) is 18.8 Å². The van der Waals surface area contributed by atoms with Crippen LogP contribution in [0.3, 0.4) is 0 Å². The van der Waals surface area contributed by atoms with Crippen molar-refractivity contribution in [2.75, 3.05) is 10.6 Å². The predicted octanol–water partition coefficient (Wildman–Crippen LogP) is 3.75. The summed E-state index contributed by atoms with van der Waals surface area (Å²) in [5.41, 5.74) is 0.479. The Balaban J connectivity index is 2.16. The molecule has 37 heavy (non-hydrogen) atoms. The van der Waals surface area contributed by atoms with Gasteiger partial charge in [0.25, 0.3) is 0 Å². The second-order valence-electron chi connectivity index (χ2n) is 8.65. The standard InChI is InChI=1S/C25H29F2N6O3P/c1-5-6-15(4)29-19-10-20(21(34)7-13(19)2)30-23-31-24(35)33(11-14(3)28)25(36)32(23)12-16-8-18(27)22(37)9-17(16)26/h6-10,28-29,34H,5,11-12,37H2,1-4H3,(H,30,31,35)/b15-6+,28-14?. The van der Waals surface area contributed by atoms with Crippen LogP contribution in [-0.2, 0) is 13.1 Å². The molecule has 0 aliphatic carbocycles. The second-order valence-corrected chi connectivity index (χ2v) is 9.27. The van der Waals surface area contributed by atoms with E-state index in [-0.39, 0.29) is 40.5 Å². The van der Waals surface area contributed by atoms with E-state index >= 15 is 0 Å². The highest BCUT2D eigenvalue weighted by Gasteiger charge is 2.18. The highest BCUT2D eigenvalue weighted by Crippen LogP contribution is 2.32. The van der Waals surface area contributed by atoms with Crippen LogP contribution >= 0.6 is 9.24 Å². The van der Waals surface area contributed by atoms with Crippen molar-refractivity contribution in [3.63, 3.8) is 0 Å². The van der Waals surface area contributed by atoms with Gasteiger partial charge < -0.3 is 21.1 Å². The van der Waals surface area contributed by atoms with Gasteiger partial charge in [-0.25, -0.2) is 22.9 Å². The third-order valence-electron chi connectivity index (χ3n) is 5.47. The molecule has 0 saturated heterocycles. The molecule has 0 aliphatic rings. The van der Waals surface area contributed by atoms with E-state index in [9.17, 15) is 23.5 Å². The lowest BCUT2D eigenvalue weighted by Gasteiger charge is -2.18. The SMILES string of the molecule is CC/C=C(\C)Nc1cc(Nc2nc(=O)n(CC(C)=N)c(=O)n2Cc2cc(F)c(P)cc2F)c(O)cc1C. The molecule has 0 spiro atoms. The van der Waals surface area contributed by atoms with E-state index < -0.39 is 29.6 Å². The van der Waals surface area contributed by atoms with Gasteiger partial charge in [-0.1, -0.05) is 13.0 Å². The molecule has 0 aliphatic heterocycles. The lowest BCUT2D eigenvalue weighted by atomic mass is 10.1. The van der Waals surface area contributed by atoms with Gasteiger partial charge in [-0.2, -0.15) is 4.98 Å². The Morgan fingerprint density at radius 2 is 1.84 bits per heavy atom. The zero-order valence-corrected chi connectivity index (χ0v) is 22.1. The minimum atomic E-state index is -0.936. The molecule has 1 aromatic heterocycles. The Bertz CT molecular complexity index is 1510. The Hall–Kier alpha value is -3.85. The van der Waals surface area contributed by atoms with Gasteiger partial charge in [0, 0.05) is 28.0 Å². The number of aromatic hydroxyl groups is 1. The van der Waals surface area contributed by atoms with Crippen molar-refractivity contribution >= 4 is 37.6 Å². The average Bonchev–Trinajstić information content (AvgIpc) is 2.80. The van der Waals surface area contributed by atoms with Crippen molar-refractivity contribution in [3.8, 4) is 5.75 Å². The minimum Gasteiger partial charge on any atom is -0.506 e. The zero-order chi connectivity index (χ0) is 27.4. The van der Waals surface area contributed by atoms with Crippen LogP contribution in [0.4, 0.5) is 26.1 Å². The first-order valence-corrected chi connectivity index (χ1v) is 12.0. The molecule has 12 heteroatoms. The molecule has 2 aromatic carbocycles. The number of halogens is 2. The lowest BCUT2D eigenvalue weighted by Crippen LogP contribution is -2.43. The molecule has 1 heterocycles. The number of aryl methyl sites for hydroxylation is 1. The molecule has 3 rings (SSSR count). The van der Waals surface area contributed by atoms with Gasteiger partial charge in [-0.15, -0.1) is 9.24 Å². The van der Waals surface area contributed by atoms with E-state index in [2.05, 4.69) is 24.9 Å². The van der Waals surface area contributed by atoms with E-state index in [0.717, 1.165) is 38.9 Å². The first-order chi connectivity index (χ1) is 17.4. The largest absolute Gasteiger partial charge is 0.506 e. The maximum Gasteiger partial charge on any atom is 0.355 e. The fourth-order valence-corrected chi connectivity index (χ4v) is 3.88. The monoisotopic (exact) mass is 530 g/mol. The van der Waals surface area contributed by atoms with Crippen LogP contribution in [0.2, 0.25) is 0 Å². The Labute approximate surface area is 214 Å². The van der Waals surface area contributed by atoms with Gasteiger partial charge in [0.1, 0.15) is 17.4 Å². The molecule has 196 valence electrons. The van der Waals surface area contributed by atoms with Crippen LogP contribution in [0, 0.1) is 24.0 Å². The molecule has 0 radical (unpaired) electrons. The van der Waals surface area contributed by atoms with Crippen molar-refractivity contribution in [2.24, 2.45) is 0 Å². The maximum atomic E-state index is 14.6. The van der Waals surface area contributed by atoms with Crippen LogP contribution in [0.25, 0.3) is 0 Å². The summed E-state index contributed by atoms with van der Waals surface area (Å²) in [5.74, 6) is -1.91. The number of hydrogen-bond acceptors (Lipinski definition) is 7. The lowest BCUT2D eigenvalue weighted by molar-refractivity contribution is 0.477. The van der Waals surface area contributed by atoms with E-state index in [4.69, 9.17) is 5.41 Å². The summed E-state index contributed by atoms with van der Waals surface area (Å²) >= 11 is 0. The molecule has 1 atom stereocenters. The van der Waals surface area contributed by atoms with E-state index in [1.54, 1.807) is 13.0 Å². The van der Waals surface area contributed by atoms with Gasteiger partial charge in [0.2, 0.25) is 5.95 Å². The van der Waals surface area contributed by atoms with Crippen molar-refractivity contribution in [2.45, 2.75) is 47.2 Å². The summed E-state index contributed by atoms with van der Waals surface area (Å²) in [7, 11) is 2.08. The van der Waals surface area contributed by atoms with Crippen LogP contribution in [0.1, 0.15) is 38.3 Å². The molecule has 0 bridgehead atoms. The highest BCUT2D eigenvalue weighted by molar-refractivity contribution is 7.27. The van der Waals surface area contributed by atoms with Crippen molar-refractivity contribution in [1.29, 1.82) is 5.41 Å². The molecule has 1 unspecified atom stereocenters. The summed E-state index contributed by atoms with van der Waals surface area (Å²) < 4.78 is 30.5. The third kappa shape index (κ3) is 6.48. The van der Waals surface area contributed by atoms with Gasteiger partial charge >= 0.3 is 11.4 Å². The molecule has 9 nitrogen and oxygen atoms in total. The molecular weight excluding hydrogens is 501 g/mol. The van der Waals surface area contributed by atoms with Crippen molar-refractivity contribution in [3.05, 3.63) is 79.8 Å². The molecule has 3 aromatic rings. The summed E-state index contributed by atoms with van der Waals surface area (Å²) in [6, 6.07) is 5.03. The number of phenolic OH excluding ortho intramolecular Hbond substituents is 1. The summed E-state index contributed by atoms with van der Waals surface area (Å²) in [5, 5.41) is 24.3. The number of benzene rings is 2. The van der Waals surface area contributed by atoms with Crippen LogP contribution in [-0.4, -0.2) is 24.9 Å². The first kappa shape index (κ1) is 27.7. The van der Waals surface area contributed by atoms with Crippen LogP contribution < -0.4 is 27.3 Å². The van der Waals surface area contributed by atoms with Gasteiger partial charge in [-0.05, 0) is 57.0 Å². The smallest absolute Gasteiger partial charge is 0.355 e. The topological polar surface area (TPSA) is 125 Å². The Morgan fingerprint density at radius 1 is 1.14 bits per heavy atom. The van der Waals surface area contributed by atoms with E-state index in [1.807, 2.05) is 19.9 Å². The third-order valence-corrected chi connectivity index (χ3v) is 5.91. The molecule has 4 N–H and O–H groups in total. The average molecular weight is 531 g/mol. The number of phenols is 1. The van der Waals surface area contributed by atoms with Crippen LogP contribution in [0.15, 0.2) is 45.6 Å². The molecule has 0 saturated carbocycles. The predicted molar refractivity (Wildman–Crippen MR) is 145 cm³/mol. The second kappa shape index (κ2) is 11.5. The Kier molecular flexibility index (Phi) is 8.60. The summed E-state index contributed by atoms with van der Waals surface area (Å²) in [6.45, 7) is 6.32. The van der Waals surface area contributed by atoms with E-state index in [0.29, 0.717) is 5.69 Å². The number of allylic oxidation sites excluding steroid dienone is 2. The van der Waals surface area contributed by atoms with Crippen molar-refractivity contribution in [1.82, 2.24) is 14.1 Å². The molecule has 0 fully saturated rings. The van der Waals surface area contributed by atoms with E-state index in [1.165, 1.54) is 13.0 Å². The first-order valence-electron chi connectivity index (χ1n) is 11.4. The quantitative estimate of drug-likeness (QED) is 0.145. The fourth-order valence-electron chi connectivity index (χ4n) is 3.65. The number of nitrogens with zero attached hydrogens (tertiary/aromatic N) is 3. The number of nitrogens with one attached hydrogen (secondary N) is 3. The fraction of sp³-hybridized carbons (Fsp3) is 0.280. The van der Waals surface area contributed by atoms with Crippen molar-refractivity contribution < 1.29 is 13.9 Å². The number of hydrogen-bond donors (Lipinski definition) is 4. The zero-order valence-electron chi connectivity index (χ0n) is 20.9. The summed E-state index contributed by atoms with van der Waals surface area (Å²) in [6.07, 6.45) is 2.80. The Morgan fingerprint density at radius 3 is 2.49 bits per heavy atom. The summed E-state index contributed by atoms with van der Waals surface area (Å²) in [4.78, 5) is 29.9. The number of rotatable bonds is 9. The number of aromatic nitrogens is 3. The highest BCUT2D eigenvalue weighted by atomic mass is 31.0. The molecule has 0 amide bonds. The normalized spacial score (nSPS) is 11.5. The maximum absolute atomic E-state index is 14.6. The molecular formula is C25H29F2N6O3P.